The fourth-order valence-corrected chi connectivity index (χ4v) is 4.26. The van der Waals surface area contributed by atoms with E-state index in [4.69, 9.17) is 0 Å². The summed E-state index contributed by atoms with van der Waals surface area (Å²) in [4.78, 5) is 15.0. The van der Waals surface area contributed by atoms with Crippen LogP contribution in [-0.2, 0) is 16.8 Å². The van der Waals surface area contributed by atoms with Gasteiger partial charge in [-0.1, -0.05) is 30.3 Å². The van der Waals surface area contributed by atoms with Gasteiger partial charge in [0.05, 0.1) is 5.75 Å². The van der Waals surface area contributed by atoms with Crippen LogP contribution in [0.3, 0.4) is 0 Å². The summed E-state index contributed by atoms with van der Waals surface area (Å²) < 4.78 is 79.4. The molecule has 1 N–H and O–H groups in total. The topological polar surface area (TPSA) is 40.5 Å². The van der Waals surface area contributed by atoms with Crippen molar-refractivity contribution in [2.24, 2.45) is 0 Å². The van der Waals surface area contributed by atoms with Gasteiger partial charge in [0.15, 0.2) is 0 Å². The van der Waals surface area contributed by atoms with Crippen LogP contribution in [0.1, 0.15) is 24.0 Å². The fraction of sp³-hybridized carbons (Fsp3) is 0.381. The van der Waals surface area contributed by atoms with Gasteiger partial charge in [0, 0.05) is 22.7 Å². The van der Waals surface area contributed by atoms with Gasteiger partial charge in [-0.25, -0.2) is 0 Å². The lowest BCUT2D eigenvalue weighted by molar-refractivity contribution is -0.376. The molecule has 0 aromatic heterocycles. The lowest BCUT2D eigenvalue weighted by Crippen LogP contribution is -2.54. The number of aliphatic hydroxyl groups is 1. The van der Waals surface area contributed by atoms with Crippen LogP contribution in [-0.4, -0.2) is 35.7 Å². The van der Waals surface area contributed by atoms with Gasteiger partial charge in [-0.05, 0) is 43.0 Å². The number of rotatable bonds is 4. The molecule has 0 unspecified atom stereocenters. The van der Waals surface area contributed by atoms with E-state index in [1.165, 1.54) is 16.7 Å². The molecule has 1 aliphatic rings. The Morgan fingerprint density at radius 1 is 0.968 bits per heavy atom. The van der Waals surface area contributed by atoms with Crippen molar-refractivity contribution in [3.05, 3.63) is 59.7 Å². The Kier molecular flexibility index (Phi) is 6.61. The number of thioether (sulfide) groups is 1. The number of amides is 1. The summed E-state index contributed by atoms with van der Waals surface area (Å²) in [5.74, 6) is -0.230. The van der Waals surface area contributed by atoms with Crippen molar-refractivity contribution in [1.82, 2.24) is 0 Å². The zero-order chi connectivity index (χ0) is 22.9. The zero-order valence-corrected chi connectivity index (χ0v) is 16.9. The molecule has 1 amide bonds. The Labute approximate surface area is 179 Å². The number of nitrogens with zero attached hydrogens (tertiary/aromatic N) is 1. The maximum absolute atomic E-state index is 13.2. The standard InChI is InChI=1S/C21H19F6NO2S/c22-20(23,24)19(30,21(25,26)27)15-9-10-17-14(12-15)6-4-5-11-28(17)18(29)13-31-16-7-2-1-3-8-16/h1-3,7-10,12,30H,4-6,11,13H2. The number of benzene rings is 2. The van der Waals surface area contributed by atoms with Crippen molar-refractivity contribution in [1.29, 1.82) is 0 Å². The highest BCUT2D eigenvalue weighted by Gasteiger charge is 2.71. The summed E-state index contributed by atoms with van der Waals surface area (Å²) in [7, 11) is 0. The largest absolute Gasteiger partial charge is 0.430 e. The molecule has 0 aliphatic carbocycles. The molecule has 2 aromatic rings. The van der Waals surface area contributed by atoms with Gasteiger partial charge in [-0.2, -0.15) is 26.3 Å². The molecule has 0 fully saturated rings. The smallest absolute Gasteiger partial charge is 0.369 e. The van der Waals surface area contributed by atoms with Crippen molar-refractivity contribution in [2.75, 3.05) is 17.2 Å². The molecule has 2 aromatic carbocycles. The average molecular weight is 463 g/mol. The van der Waals surface area contributed by atoms with Crippen LogP contribution in [0.5, 0.6) is 0 Å². The molecule has 168 valence electrons. The van der Waals surface area contributed by atoms with E-state index >= 15 is 0 Å². The number of hydrogen-bond donors (Lipinski definition) is 1. The monoisotopic (exact) mass is 463 g/mol. The average Bonchev–Trinajstić information content (AvgIpc) is 2.92. The number of hydrogen-bond acceptors (Lipinski definition) is 3. The first-order chi connectivity index (χ1) is 14.4. The molecular weight excluding hydrogens is 444 g/mol. The molecule has 0 bridgehead atoms. The Hall–Kier alpha value is -2.20. The minimum absolute atomic E-state index is 0.0697. The van der Waals surface area contributed by atoms with E-state index in [1.54, 1.807) is 0 Å². The van der Waals surface area contributed by atoms with Gasteiger partial charge in [0.25, 0.3) is 5.60 Å². The number of fused-ring (bicyclic) bond motifs is 1. The normalized spacial score (nSPS) is 15.4. The third-order valence-electron chi connectivity index (χ3n) is 5.09. The second-order valence-electron chi connectivity index (χ2n) is 7.15. The molecule has 1 heterocycles. The molecule has 1 aliphatic heterocycles. The summed E-state index contributed by atoms with van der Waals surface area (Å²) in [6.07, 6.45) is -10.7. The van der Waals surface area contributed by atoms with Gasteiger partial charge in [-0.3, -0.25) is 4.79 Å². The number of halogens is 6. The van der Waals surface area contributed by atoms with Crippen LogP contribution in [0, 0.1) is 0 Å². The third kappa shape index (κ3) is 4.69. The molecule has 3 nitrogen and oxygen atoms in total. The van der Waals surface area contributed by atoms with Crippen LogP contribution >= 0.6 is 11.8 Å². The van der Waals surface area contributed by atoms with E-state index in [1.807, 2.05) is 30.3 Å². The summed E-state index contributed by atoms with van der Waals surface area (Å²) in [6, 6.07) is 11.5. The van der Waals surface area contributed by atoms with Crippen molar-refractivity contribution < 1.29 is 36.2 Å². The Bertz CT molecular complexity index is 916. The third-order valence-corrected chi connectivity index (χ3v) is 6.09. The number of anilines is 1. The predicted molar refractivity (Wildman–Crippen MR) is 105 cm³/mol. The summed E-state index contributed by atoms with van der Waals surface area (Å²) >= 11 is 1.29. The molecule has 3 rings (SSSR count). The molecule has 0 saturated carbocycles. The van der Waals surface area contributed by atoms with Crippen molar-refractivity contribution in [3.63, 3.8) is 0 Å². The molecular formula is C21H19F6NO2S. The van der Waals surface area contributed by atoms with E-state index in [0.29, 0.717) is 31.5 Å². The van der Waals surface area contributed by atoms with Crippen molar-refractivity contribution in [3.8, 4) is 0 Å². The fourth-order valence-electron chi connectivity index (χ4n) is 3.47. The van der Waals surface area contributed by atoms with Gasteiger partial charge in [0.2, 0.25) is 5.91 Å². The predicted octanol–water partition coefficient (Wildman–Crippen LogP) is 5.46. The lowest BCUT2D eigenvalue weighted by atomic mass is 9.89. The second-order valence-corrected chi connectivity index (χ2v) is 8.20. The van der Waals surface area contributed by atoms with E-state index in [0.717, 1.165) is 11.0 Å². The lowest BCUT2D eigenvalue weighted by Gasteiger charge is -2.33. The molecule has 31 heavy (non-hydrogen) atoms. The van der Waals surface area contributed by atoms with E-state index in [9.17, 15) is 36.2 Å². The Morgan fingerprint density at radius 3 is 2.23 bits per heavy atom. The second kappa shape index (κ2) is 8.74. The summed E-state index contributed by atoms with van der Waals surface area (Å²) in [5.41, 5.74) is -5.86. The molecule has 0 atom stereocenters. The van der Waals surface area contributed by atoms with Crippen LogP contribution in [0.15, 0.2) is 53.4 Å². The van der Waals surface area contributed by atoms with Crippen molar-refractivity contribution >= 4 is 23.4 Å². The van der Waals surface area contributed by atoms with Crippen LogP contribution in [0.2, 0.25) is 0 Å². The number of alkyl halides is 6. The van der Waals surface area contributed by atoms with E-state index < -0.39 is 23.5 Å². The Balaban J connectivity index is 1.92. The molecule has 0 radical (unpaired) electrons. The summed E-state index contributed by atoms with van der Waals surface area (Å²) in [5, 5.41) is 9.68. The first-order valence-corrected chi connectivity index (χ1v) is 10.4. The van der Waals surface area contributed by atoms with Gasteiger partial charge in [0.1, 0.15) is 0 Å². The highest BCUT2D eigenvalue weighted by Crippen LogP contribution is 2.50. The van der Waals surface area contributed by atoms with E-state index in [2.05, 4.69) is 0 Å². The number of carbonyl (C=O) groups excluding carboxylic acids is 1. The van der Waals surface area contributed by atoms with E-state index in [-0.39, 0.29) is 29.3 Å². The van der Waals surface area contributed by atoms with Gasteiger partial charge >= 0.3 is 12.4 Å². The molecule has 0 spiro atoms. The maximum atomic E-state index is 13.2. The first kappa shape index (κ1) is 23.5. The Morgan fingerprint density at radius 2 is 1.61 bits per heavy atom. The minimum Gasteiger partial charge on any atom is -0.369 e. The zero-order valence-electron chi connectivity index (χ0n) is 16.1. The van der Waals surface area contributed by atoms with Gasteiger partial charge < -0.3 is 10.0 Å². The van der Waals surface area contributed by atoms with Crippen molar-refractivity contribution in [2.45, 2.75) is 42.1 Å². The molecule has 10 heteroatoms. The first-order valence-electron chi connectivity index (χ1n) is 9.42. The van der Waals surface area contributed by atoms with Crippen LogP contribution in [0.25, 0.3) is 0 Å². The maximum Gasteiger partial charge on any atom is 0.430 e. The number of carbonyl (C=O) groups is 1. The molecule has 0 saturated heterocycles. The van der Waals surface area contributed by atoms with Crippen LogP contribution < -0.4 is 4.90 Å². The highest BCUT2D eigenvalue weighted by molar-refractivity contribution is 8.00. The SMILES string of the molecule is O=C(CSc1ccccc1)N1CCCCc2cc(C(O)(C(F)(F)F)C(F)(F)F)ccc21. The highest BCUT2D eigenvalue weighted by atomic mass is 32.2. The quantitative estimate of drug-likeness (QED) is 0.484. The number of aryl methyl sites for hydroxylation is 1. The minimum atomic E-state index is -5.95. The van der Waals surface area contributed by atoms with Crippen LogP contribution in [0.4, 0.5) is 32.0 Å². The van der Waals surface area contributed by atoms with Gasteiger partial charge in [-0.15, -0.1) is 11.8 Å². The summed E-state index contributed by atoms with van der Waals surface area (Å²) in [6.45, 7) is 0.309.